The van der Waals surface area contributed by atoms with Crippen LogP contribution in [-0.2, 0) is 0 Å². The van der Waals surface area contributed by atoms with E-state index in [1.54, 1.807) is 66.7 Å². The highest BCUT2D eigenvalue weighted by atomic mass is 16.6. The van der Waals surface area contributed by atoms with Crippen molar-refractivity contribution in [3.8, 4) is 17.2 Å². The molecule has 0 saturated heterocycles. The molecule has 0 aromatic heterocycles. The van der Waals surface area contributed by atoms with Crippen molar-refractivity contribution in [3.05, 3.63) is 89.5 Å². The number of hydrazone groups is 1. The first-order valence-electron chi connectivity index (χ1n) is 9.63. The largest absolute Gasteiger partial charge is 0.496 e. The van der Waals surface area contributed by atoms with Gasteiger partial charge >= 0.3 is 5.97 Å². The molecule has 1 amide bonds. The van der Waals surface area contributed by atoms with Gasteiger partial charge < -0.3 is 14.2 Å². The number of benzene rings is 3. The van der Waals surface area contributed by atoms with Gasteiger partial charge in [-0.25, -0.2) is 10.2 Å². The average Bonchev–Trinajstić information content (AvgIpc) is 2.81. The van der Waals surface area contributed by atoms with Crippen molar-refractivity contribution < 1.29 is 23.8 Å². The molecule has 0 radical (unpaired) electrons. The number of hydrogen-bond donors (Lipinski definition) is 1. The fraction of sp³-hybridized carbons (Fsp3) is 0.125. The maximum atomic E-state index is 12.3. The molecule has 0 bridgehead atoms. The Morgan fingerprint density at radius 1 is 0.935 bits per heavy atom. The van der Waals surface area contributed by atoms with E-state index in [1.165, 1.54) is 13.3 Å². The molecule has 3 aromatic rings. The number of nitrogens with zero attached hydrogens (tertiary/aromatic N) is 1. The lowest BCUT2D eigenvalue weighted by molar-refractivity contribution is 0.0728. The highest BCUT2D eigenvalue weighted by molar-refractivity contribution is 5.97. The van der Waals surface area contributed by atoms with Crippen LogP contribution in [0.3, 0.4) is 0 Å². The summed E-state index contributed by atoms with van der Waals surface area (Å²) < 4.78 is 16.3. The monoisotopic (exact) mass is 418 g/mol. The number of methoxy groups -OCH3 is 1. The Labute approximate surface area is 180 Å². The van der Waals surface area contributed by atoms with Gasteiger partial charge in [-0.1, -0.05) is 30.3 Å². The Balaban J connectivity index is 1.71. The molecule has 158 valence electrons. The Hall–Kier alpha value is -4.13. The Bertz CT molecular complexity index is 1080. The van der Waals surface area contributed by atoms with E-state index < -0.39 is 11.9 Å². The molecule has 3 aromatic carbocycles. The number of amides is 1. The smallest absolute Gasteiger partial charge is 0.343 e. The van der Waals surface area contributed by atoms with Crippen molar-refractivity contribution in [1.29, 1.82) is 0 Å². The summed E-state index contributed by atoms with van der Waals surface area (Å²) in [6, 6.07) is 20.6. The zero-order valence-corrected chi connectivity index (χ0v) is 17.2. The molecule has 0 saturated carbocycles. The Morgan fingerprint density at radius 2 is 1.68 bits per heavy atom. The van der Waals surface area contributed by atoms with Crippen LogP contribution in [0.5, 0.6) is 17.2 Å². The maximum Gasteiger partial charge on any atom is 0.343 e. The lowest BCUT2D eigenvalue weighted by Crippen LogP contribution is -2.18. The van der Waals surface area contributed by atoms with Gasteiger partial charge in [0, 0.05) is 0 Å². The number of carbonyl (C=O) groups is 2. The minimum Gasteiger partial charge on any atom is -0.496 e. The zero-order chi connectivity index (χ0) is 22.1. The standard InChI is InChI=1S/C24H22N2O5/c1-3-30-22-15-17(13-14-21(22)31-24(28)18-9-5-4-6-10-18)16-25-26-23(27)19-11-7-8-12-20(19)29-2/h4-16H,3H2,1-2H3,(H,26,27)/b25-16+. The minimum absolute atomic E-state index is 0.297. The van der Waals surface area contributed by atoms with Crippen LogP contribution in [0.1, 0.15) is 33.2 Å². The number of hydrogen-bond acceptors (Lipinski definition) is 6. The molecule has 0 unspecified atom stereocenters. The third-order valence-electron chi connectivity index (χ3n) is 4.21. The highest BCUT2D eigenvalue weighted by Crippen LogP contribution is 2.29. The molecule has 0 spiro atoms. The molecular formula is C24H22N2O5. The summed E-state index contributed by atoms with van der Waals surface area (Å²) in [5.74, 6) is 0.273. The van der Waals surface area contributed by atoms with E-state index in [9.17, 15) is 9.59 Å². The molecule has 31 heavy (non-hydrogen) atoms. The van der Waals surface area contributed by atoms with Crippen molar-refractivity contribution in [3.63, 3.8) is 0 Å². The molecule has 0 fully saturated rings. The van der Waals surface area contributed by atoms with Gasteiger partial charge in [-0.3, -0.25) is 4.79 Å². The second kappa shape index (κ2) is 10.6. The fourth-order valence-corrected chi connectivity index (χ4v) is 2.75. The number of esters is 1. The van der Waals surface area contributed by atoms with Crippen LogP contribution in [0.25, 0.3) is 0 Å². The van der Waals surface area contributed by atoms with Crippen LogP contribution in [0.4, 0.5) is 0 Å². The third kappa shape index (κ3) is 5.70. The number of para-hydroxylation sites is 1. The lowest BCUT2D eigenvalue weighted by atomic mass is 10.2. The van der Waals surface area contributed by atoms with E-state index in [-0.39, 0.29) is 0 Å². The third-order valence-corrected chi connectivity index (χ3v) is 4.21. The van der Waals surface area contributed by atoms with Crippen molar-refractivity contribution in [2.45, 2.75) is 6.92 Å². The predicted molar refractivity (Wildman–Crippen MR) is 117 cm³/mol. The van der Waals surface area contributed by atoms with Crippen LogP contribution in [0, 0.1) is 0 Å². The first-order chi connectivity index (χ1) is 15.1. The van der Waals surface area contributed by atoms with Gasteiger partial charge in [-0.2, -0.15) is 5.10 Å². The quantitative estimate of drug-likeness (QED) is 0.258. The second-order valence-corrected chi connectivity index (χ2v) is 6.29. The van der Waals surface area contributed by atoms with Crippen molar-refractivity contribution in [2.75, 3.05) is 13.7 Å². The fourth-order valence-electron chi connectivity index (χ4n) is 2.75. The topological polar surface area (TPSA) is 86.2 Å². The first-order valence-corrected chi connectivity index (χ1v) is 9.63. The average molecular weight is 418 g/mol. The molecule has 0 aliphatic carbocycles. The number of rotatable bonds is 8. The number of ether oxygens (including phenoxy) is 3. The molecule has 7 nitrogen and oxygen atoms in total. The van der Waals surface area contributed by atoms with Gasteiger partial charge in [-0.15, -0.1) is 0 Å². The molecule has 0 aliphatic rings. The SMILES string of the molecule is CCOc1cc(/C=N/NC(=O)c2ccccc2OC)ccc1OC(=O)c1ccccc1. The van der Waals surface area contributed by atoms with Crippen LogP contribution >= 0.6 is 0 Å². The second-order valence-electron chi connectivity index (χ2n) is 6.29. The van der Waals surface area contributed by atoms with Crippen molar-refractivity contribution in [2.24, 2.45) is 5.10 Å². The normalized spacial score (nSPS) is 10.5. The van der Waals surface area contributed by atoms with Gasteiger partial charge in [0.25, 0.3) is 5.91 Å². The first kappa shape index (κ1) is 21.6. The van der Waals surface area contributed by atoms with E-state index in [2.05, 4.69) is 10.5 Å². The molecule has 0 heterocycles. The van der Waals surface area contributed by atoms with E-state index in [1.807, 2.05) is 13.0 Å². The Kier molecular flexibility index (Phi) is 7.37. The summed E-state index contributed by atoms with van der Waals surface area (Å²) in [4.78, 5) is 24.6. The highest BCUT2D eigenvalue weighted by Gasteiger charge is 2.13. The summed E-state index contributed by atoms with van der Waals surface area (Å²) in [5, 5.41) is 3.99. The van der Waals surface area contributed by atoms with E-state index in [4.69, 9.17) is 14.2 Å². The molecular weight excluding hydrogens is 396 g/mol. The van der Waals surface area contributed by atoms with Crippen LogP contribution in [0.15, 0.2) is 77.9 Å². The van der Waals surface area contributed by atoms with Crippen LogP contribution in [-0.4, -0.2) is 31.8 Å². The number of carbonyl (C=O) groups excluding carboxylic acids is 2. The molecule has 0 aliphatic heterocycles. The molecule has 7 heteroatoms. The summed E-state index contributed by atoms with van der Waals surface area (Å²) in [6.07, 6.45) is 1.47. The van der Waals surface area contributed by atoms with Crippen LogP contribution in [0.2, 0.25) is 0 Å². The summed E-state index contributed by atoms with van der Waals surface area (Å²) in [7, 11) is 1.50. The lowest BCUT2D eigenvalue weighted by Gasteiger charge is -2.11. The van der Waals surface area contributed by atoms with E-state index in [0.29, 0.717) is 40.5 Å². The molecule has 3 rings (SSSR count). The molecule has 0 atom stereocenters. The van der Waals surface area contributed by atoms with Crippen LogP contribution < -0.4 is 19.6 Å². The van der Waals surface area contributed by atoms with Gasteiger partial charge in [0.05, 0.1) is 31.1 Å². The van der Waals surface area contributed by atoms with Gasteiger partial charge in [0.2, 0.25) is 0 Å². The minimum atomic E-state index is -0.480. The number of nitrogens with one attached hydrogen (secondary N) is 1. The van der Waals surface area contributed by atoms with E-state index >= 15 is 0 Å². The van der Waals surface area contributed by atoms with Gasteiger partial charge in [0.15, 0.2) is 11.5 Å². The summed E-state index contributed by atoms with van der Waals surface area (Å²) in [6.45, 7) is 2.22. The summed E-state index contributed by atoms with van der Waals surface area (Å²) >= 11 is 0. The molecule has 1 N–H and O–H groups in total. The zero-order valence-electron chi connectivity index (χ0n) is 17.2. The van der Waals surface area contributed by atoms with Gasteiger partial charge in [0.1, 0.15) is 5.75 Å². The maximum absolute atomic E-state index is 12.3. The van der Waals surface area contributed by atoms with Crippen molar-refractivity contribution in [1.82, 2.24) is 5.43 Å². The van der Waals surface area contributed by atoms with E-state index in [0.717, 1.165) is 0 Å². The Morgan fingerprint density at radius 3 is 2.42 bits per heavy atom. The van der Waals surface area contributed by atoms with Crippen molar-refractivity contribution >= 4 is 18.1 Å². The summed E-state index contributed by atoms with van der Waals surface area (Å²) in [5.41, 5.74) is 3.94. The van der Waals surface area contributed by atoms with Gasteiger partial charge in [-0.05, 0) is 55.0 Å². The predicted octanol–water partition coefficient (Wildman–Crippen LogP) is 4.08.